The summed E-state index contributed by atoms with van der Waals surface area (Å²) < 4.78 is 18.7. The highest BCUT2D eigenvalue weighted by atomic mass is 79.9. The van der Waals surface area contributed by atoms with E-state index in [-0.39, 0.29) is 21.5 Å². The molecule has 0 aliphatic rings. The Bertz CT molecular complexity index is 437. The summed E-state index contributed by atoms with van der Waals surface area (Å²) in [4.78, 5) is 14.6. The van der Waals surface area contributed by atoms with E-state index in [0.717, 1.165) is 12.8 Å². The minimum absolute atomic E-state index is 0.0211. The van der Waals surface area contributed by atoms with Crippen molar-refractivity contribution in [3.8, 4) is 5.75 Å². The van der Waals surface area contributed by atoms with Crippen LogP contribution in [0.5, 0.6) is 5.75 Å². The zero-order chi connectivity index (χ0) is 13.0. The molecule has 0 spiro atoms. The van der Waals surface area contributed by atoms with Crippen LogP contribution >= 0.6 is 15.9 Å². The third-order valence-electron chi connectivity index (χ3n) is 2.25. The monoisotopic (exact) mass is 305 g/mol. The number of halogens is 2. The molecule has 0 radical (unpaired) electrons. The Morgan fingerprint density at radius 1 is 1.59 bits per heavy atom. The van der Waals surface area contributed by atoms with Crippen LogP contribution in [-0.2, 0) is 0 Å². The van der Waals surface area contributed by atoms with Crippen LogP contribution < -0.4 is 4.74 Å². The first-order valence-corrected chi connectivity index (χ1v) is 6.00. The molecule has 0 aliphatic heterocycles. The van der Waals surface area contributed by atoms with E-state index >= 15 is 0 Å². The maximum absolute atomic E-state index is 13.3. The SMILES string of the molecule is CCCCOc1c(Br)nc(F)c(C)c1C(=O)O. The summed E-state index contributed by atoms with van der Waals surface area (Å²) >= 11 is 3.01. The molecular formula is C11H13BrFNO3. The van der Waals surface area contributed by atoms with Crippen molar-refractivity contribution in [2.24, 2.45) is 0 Å². The highest BCUT2D eigenvalue weighted by Gasteiger charge is 2.22. The van der Waals surface area contributed by atoms with Gasteiger partial charge in [0.05, 0.1) is 6.61 Å². The van der Waals surface area contributed by atoms with E-state index in [4.69, 9.17) is 9.84 Å². The van der Waals surface area contributed by atoms with E-state index in [9.17, 15) is 9.18 Å². The van der Waals surface area contributed by atoms with Gasteiger partial charge in [-0.05, 0) is 29.3 Å². The topological polar surface area (TPSA) is 59.4 Å². The van der Waals surface area contributed by atoms with Crippen molar-refractivity contribution in [3.05, 3.63) is 21.7 Å². The molecule has 0 unspecified atom stereocenters. The second kappa shape index (κ2) is 5.95. The molecular weight excluding hydrogens is 293 g/mol. The number of carbonyl (C=O) groups is 1. The first-order chi connectivity index (χ1) is 7.99. The molecule has 0 bridgehead atoms. The largest absolute Gasteiger partial charge is 0.490 e. The lowest BCUT2D eigenvalue weighted by atomic mass is 10.1. The summed E-state index contributed by atoms with van der Waals surface area (Å²) in [5.74, 6) is -1.95. The van der Waals surface area contributed by atoms with Crippen LogP contribution in [0.1, 0.15) is 35.7 Å². The molecule has 1 aromatic heterocycles. The molecule has 4 nitrogen and oxygen atoms in total. The normalized spacial score (nSPS) is 10.4. The Labute approximate surface area is 107 Å². The van der Waals surface area contributed by atoms with Gasteiger partial charge in [0.15, 0.2) is 10.4 Å². The van der Waals surface area contributed by atoms with Crippen LogP contribution in [0.4, 0.5) is 4.39 Å². The fourth-order valence-electron chi connectivity index (χ4n) is 1.31. The maximum atomic E-state index is 13.3. The van der Waals surface area contributed by atoms with Crippen LogP contribution in [0.15, 0.2) is 4.60 Å². The van der Waals surface area contributed by atoms with E-state index in [1.165, 1.54) is 6.92 Å². The zero-order valence-corrected chi connectivity index (χ0v) is 11.2. The average Bonchev–Trinajstić information content (AvgIpc) is 2.25. The quantitative estimate of drug-likeness (QED) is 0.670. The molecule has 1 heterocycles. The summed E-state index contributed by atoms with van der Waals surface area (Å²) in [5, 5.41) is 9.06. The smallest absolute Gasteiger partial charge is 0.340 e. The molecule has 1 rings (SSSR count). The Balaban J connectivity index is 3.17. The summed E-state index contributed by atoms with van der Waals surface area (Å²) in [6, 6.07) is 0. The number of hydrogen-bond donors (Lipinski definition) is 1. The second-order valence-electron chi connectivity index (χ2n) is 3.53. The van der Waals surface area contributed by atoms with Gasteiger partial charge in [-0.15, -0.1) is 0 Å². The van der Waals surface area contributed by atoms with Crippen LogP contribution in [0.25, 0.3) is 0 Å². The van der Waals surface area contributed by atoms with Crippen molar-refractivity contribution in [2.75, 3.05) is 6.61 Å². The maximum Gasteiger partial charge on any atom is 0.340 e. The molecule has 17 heavy (non-hydrogen) atoms. The van der Waals surface area contributed by atoms with Gasteiger partial charge in [0, 0.05) is 5.56 Å². The van der Waals surface area contributed by atoms with Crippen LogP contribution in [0.2, 0.25) is 0 Å². The summed E-state index contributed by atoms with van der Waals surface area (Å²) in [6.07, 6.45) is 1.72. The van der Waals surface area contributed by atoms with E-state index in [1.807, 2.05) is 6.92 Å². The highest BCUT2D eigenvalue weighted by molar-refractivity contribution is 9.10. The summed E-state index contributed by atoms with van der Waals surface area (Å²) in [6.45, 7) is 3.73. The lowest BCUT2D eigenvalue weighted by molar-refractivity contribution is 0.0690. The van der Waals surface area contributed by atoms with E-state index in [1.54, 1.807) is 0 Å². The first-order valence-electron chi connectivity index (χ1n) is 5.20. The van der Waals surface area contributed by atoms with Crippen molar-refractivity contribution in [1.29, 1.82) is 0 Å². The number of ether oxygens (including phenoxy) is 1. The predicted octanol–water partition coefficient (Wildman–Crippen LogP) is 3.17. The van der Waals surface area contributed by atoms with Gasteiger partial charge in [-0.1, -0.05) is 13.3 Å². The number of aromatic carboxylic acids is 1. The van der Waals surface area contributed by atoms with Gasteiger partial charge < -0.3 is 9.84 Å². The lowest BCUT2D eigenvalue weighted by Gasteiger charge is -2.12. The number of aromatic nitrogens is 1. The molecule has 6 heteroatoms. The fourth-order valence-corrected chi connectivity index (χ4v) is 1.77. The lowest BCUT2D eigenvalue weighted by Crippen LogP contribution is -2.10. The second-order valence-corrected chi connectivity index (χ2v) is 4.28. The molecule has 0 atom stereocenters. The first kappa shape index (κ1) is 13.9. The van der Waals surface area contributed by atoms with E-state index in [0.29, 0.717) is 6.61 Å². The van der Waals surface area contributed by atoms with Gasteiger partial charge in [0.2, 0.25) is 5.95 Å². The molecule has 0 fully saturated rings. The third-order valence-corrected chi connectivity index (χ3v) is 2.79. The molecule has 0 aromatic carbocycles. The summed E-state index contributed by atoms with van der Waals surface area (Å²) in [7, 11) is 0. The van der Waals surface area contributed by atoms with Gasteiger partial charge in [0.25, 0.3) is 0 Å². The van der Waals surface area contributed by atoms with E-state index in [2.05, 4.69) is 20.9 Å². The highest BCUT2D eigenvalue weighted by Crippen LogP contribution is 2.31. The third kappa shape index (κ3) is 3.15. The van der Waals surface area contributed by atoms with Gasteiger partial charge in [0.1, 0.15) is 5.56 Å². The zero-order valence-electron chi connectivity index (χ0n) is 9.59. The standard InChI is InChI=1S/C11H13BrFNO3/c1-3-4-5-17-8-7(11(15)16)6(2)10(13)14-9(8)12/h3-5H2,1-2H3,(H,15,16). The number of rotatable bonds is 5. The van der Waals surface area contributed by atoms with Crippen molar-refractivity contribution in [3.63, 3.8) is 0 Å². The molecule has 1 aromatic rings. The van der Waals surface area contributed by atoms with Crippen molar-refractivity contribution in [2.45, 2.75) is 26.7 Å². The van der Waals surface area contributed by atoms with Gasteiger partial charge in [-0.3, -0.25) is 0 Å². The Hall–Kier alpha value is -1.17. The molecule has 0 saturated heterocycles. The van der Waals surface area contributed by atoms with Crippen molar-refractivity contribution >= 4 is 21.9 Å². The Kier molecular flexibility index (Phi) is 4.86. The number of carboxylic acids is 1. The minimum Gasteiger partial charge on any atom is -0.490 e. The molecule has 1 N–H and O–H groups in total. The van der Waals surface area contributed by atoms with Crippen molar-refractivity contribution < 1.29 is 19.0 Å². The number of unbranched alkanes of at least 4 members (excludes halogenated alkanes) is 1. The molecule has 0 aliphatic carbocycles. The number of carboxylic acid groups (broad SMARTS) is 1. The van der Waals surface area contributed by atoms with Gasteiger partial charge in [-0.25, -0.2) is 9.78 Å². The number of hydrogen-bond acceptors (Lipinski definition) is 3. The van der Waals surface area contributed by atoms with Crippen LogP contribution in [-0.4, -0.2) is 22.7 Å². The fraction of sp³-hybridized carbons (Fsp3) is 0.455. The predicted molar refractivity (Wildman–Crippen MR) is 64.0 cm³/mol. The minimum atomic E-state index is -1.23. The number of nitrogens with zero attached hydrogens (tertiary/aromatic N) is 1. The van der Waals surface area contributed by atoms with E-state index < -0.39 is 11.9 Å². The van der Waals surface area contributed by atoms with Crippen molar-refractivity contribution in [1.82, 2.24) is 4.98 Å². The average molecular weight is 306 g/mol. The summed E-state index contributed by atoms with van der Waals surface area (Å²) in [5.41, 5.74) is -0.201. The molecule has 0 saturated carbocycles. The van der Waals surface area contributed by atoms with Gasteiger partial charge >= 0.3 is 5.97 Å². The van der Waals surface area contributed by atoms with Gasteiger partial charge in [-0.2, -0.15) is 4.39 Å². The van der Waals surface area contributed by atoms with Crippen LogP contribution in [0, 0.1) is 12.9 Å². The van der Waals surface area contributed by atoms with Crippen LogP contribution in [0.3, 0.4) is 0 Å². The number of pyridine rings is 1. The Morgan fingerprint density at radius 3 is 2.76 bits per heavy atom. The molecule has 0 amide bonds. The Morgan fingerprint density at radius 2 is 2.24 bits per heavy atom. The molecule has 94 valence electrons.